The molecule has 0 spiro atoms. The SMILES string of the molecule is COc1cc(C(Cc2c(F)ccc(Br)c2F)NN)ncn1. The zero-order chi connectivity index (χ0) is 15.4. The van der Waals surface area contributed by atoms with Crippen molar-refractivity contribution in [1.82, 2.24) is 15.4 Å². The van der Waals surface area contributed by atoms with Crippen molar-refractivity contribution in [2.75, 3.05) is 7.11 Å². The summed E-state index contributed by atoms with van der Waals surface area (Å²) in [7, 11) is 1.46. The minimum absolute atomic E-state index is 0.00618. The minimum Gasteiger partial charge on any atom is -0.481 e. The van der Waals surface area contributed by atoms with Crippen LogP contribution in [0.5, 0.6) is 5.88 Å². The Hall–Kier alpha value is -1.64. The first-order valence-electron chi connectivity index (χ1n) is 6.01. The summed E-state index contributed by atoms with van der Waals surface area (Å²) in [5, 5.41) is 0. The van der Waals surface area contributed by atoms with Gasteiger partial charge in [-0.2, -0.15) is 0 Å². The van der Waals surface area contributed by atoms with Gasteiger partial charge >= 0.3 is 0 Å². The van der Waals surface area contributed by atoms with Crippen molar-refractivity contribution in [3.05, 3.63) is 51.9 Å². The van der Waals surface area contributed by atoms with E-state index < -0.39 is 17.7 Å². The molecule has 0 aliphatic heterocycles. The molecule has 0 aliphatic carbocycles. The van der Waals surface area contributed by atoms with E-state index in [9.17, 15) is 8.78 Å². The predicted octanol–water partition coefficient (Wildman–Crippen LogP) is 2.27. The van der Waals surface area contributed by atoms with Crippen molar-refractivity contribution >= 4 is 15.9 Å². The van der Waals surface area contributed by atoms with Gasteiger partial charge in [0, 0.05) is 18.1 Å². The topological polar surface area (TPSA) is 73.1 Å². The highest BCUT2D eigenvalue weighted by Gasteiger charge is 2.20. The van der Waals surface area contributed by atoms with Crippen molar-refractivity contribution in [3.8, 4) is 5.88 Å². The summed E-state index contributed by atoms with van der Waals surface area (Å²) in [6, 6.07) is 3.47. The number of aromatic nitrogens is 2. The smallest absolute Gasteiger partial charge is 0.216 e. The number of benzene rings is 1. The number of halogens is 3. The van der Waals surface area contributed by atoms with Crippen LogP contribution in [0.1, 0.15) is 17.3 Å². The highest BCUT2D eigenvalue weighted by molar-refractivity contribution is 9.10. The summed E-state index contributed by atoms with van der Waals surface area (Å²) in [4.78, 5) is 7.92. The number of nitrogens with one attached hydrogen (secondary N) is 1. The fourth-order valence-electron chi connectivity index (χ4n) is 1.86. The highest BCUT2D eigenvalue weighted by atomic mass is 79.9. The number of hydrogen-bond donors (Lipinski definition) is 2. The lowest BCUT2D eigenvalue weighted by atomic mass is 10.0. The van der Waals surface area contributed by atoms with Gasteiger partial charge in [-0.15, -0.1) is 0 Å². The number of nitrogens with two attached hydrogens (primary N) is 1. The van der Waals surface area contributed by atoms with Gasteiger partial charge in [-0.25, -0.2) is 18.7 Å². The zero-order valence-electron chi connectivity index (χ0n) is 11.1. The van der Waals surface area contributed by atoms with E-state index in [1.807, 2.05) is 0 Å². The lowest BCUT2D eigenvalue weighted by Gasteiger charge is -2.17. The Balaban J connectivity index is 2.33. The molecule has 1 unspecified atom stereocenters. The van der Waals surface area contributed by atoms with E-state index in [0.29, 0.717) is 11.6 Å². The molecular formula is C13H13BrF2N4O. The van der Waals surface area contributed by atoms with Crippen molar-refractivity contribution < 1.29 is 13.5 Å². The van der Waals surface area contributed by atoms with Crippen LogP contribution in [-0.4, -0.2) is 17.1 Å². The lowest BCUT2D eigenvalue weighted by Crippen LogP contribution is -2.31. The van der Waals surface area contributed by atoms with Gasteiger partial charge in [0.2, 0.25) is 5.88 Å². The van der Waals surface area contributed by atoms with Crippen molar-refractivity contribution in [1.29, 1.82) is 0 Å². The Bertz CT molecular complexity index is 642. The molecule has 1 aromatic heterocycles. The van der Waals surface area contributed by atoms with Crippen LogP contribution >= 0.6 is 15.9 Å². The molecule has 0 fully saturated rings. The molecule has 1 atom stereocenters. The van der Waals surface area contributed by atoms with E-state index in [4.69, 9.17) is 10.6 Å². The molecule has 1 aromatic carbocycles. The molecule has 1 heterocycles. The Labute approximate surface area is 128 Å². The van der Waals surface area contributed by atoms with Crippen molar-refractivity contribution in [2.24, 2.45) is 5.84 Å². The van der Waals surface area contributed by atoms with Crippen LogP contribution in [0.2, 0.25) is 0 Å². The van der Waals surface area contributed by atoms with Crippen LogP contribution in [0.15, 0.2) is 29.0 Å². The number of hydrogen-bond acceptors (Lipinski definition) is 5. The standard InChI is InChI=1S/C13H13BrF2N4O/c1-21-12-5-10(18-6-19-12)11(20-17)4-7-9(15)3-2-8(14)13(7)16/h2-3,5-6,11,20H,4,17H2,1H3. The molecule has 5 nitrogen and oxygen atoms in total. The summed E-state index contributed by atoms with van der Waals surface area (Å²) in [6.07, 6.45) is 1.29. The predicted molar refractivity (Wildman–Crippen MR) is 76.4 cm³/mol. The molecule has 0 amide bonds. The molecule has 21 heavy (non-hydrogen) atoms. The Morgan fingerprint density at radius 2 is 2.14 bits per heavy atom. The first-order chi connectivity index (χ1) is 10.1. The first-order valence-corrected chi connectivity index (χ1v) is 6.80. The van der Waals surface area contributed by atoms with Gasteiger partial charge in [0.25, 0.3) is 0 Å². The Kier molecular flexibility index (Phi) is 5.16. The van der Waals surface area contributed by atoms with Crippen LogP contribution in [0.25, 0.3) is 0 Å². The zero-order valence-corrected chi connectivity index (χ0v) is 12.7. The molecule has 0 bridgehead atoms. The van der Waals surface area contributed by atoms with Gasteiger partial charge in [0.15, 0.2) is 0 Å². The normalized spacial score (nSPS) is 12.2. The van der Waals surface area contributed by atoms with Crippen LogP contribution in [0.3, 0.4) is 0 Å². The molecule has 2 rings (SSSR count). The van der Waals surface area contributed by atoms with E-state index in [1.54, 1.807) is 6.07 Å². The van der Waals surface area contributed by atoms with Crippen LogP contribution in [-0.2, 0) is 6.42 Å². The van der Waals surface area contributed by atoms with Gasteiger partial charge < -0.3 is 4.74 Å². The molecule has 0 aliphatic rings. The van der Waals surface area contributed by atoms with Gasteiger partial charge in [-0.1, -0.05) is 0 Å². The van der Waals surface area contributed by atoms with Crippen molar-refractivity contribution in [2.45, 2.75) is 12.5 Å². The largest absolute Gasteiger partial charge is 0.481 e. The summed E-state index contributed by atoms with van der Waals surface area (Å²) < 4.78 is 33.0. The third-order valence-electron chi connectivity index (χ3n) is 2.98. The van der Waals surface area contributed by atoms with Crippen LogP contribution < -0.4 is 16.0 Å². The molecule has 0 saturated heterocycles. The molecule has 2 aromatic rings. The second-order valence-electron chi connectivity index (χ2n) is 4.23. The maximum Gasteiger partial charge on any atom is 0.216 e. The van der Waals surface area contributed by atoms with E-state index in [2.05, 4.69) is 31.3 Å². The number of ether oxygens (including phenoxy) is 1. The summed E-state index contributed by atoms with van der Waals surface area (Å²) in [5.41, 5.74) is 2.89. The summed E-state index contributed by atoms with van der Waals surface area (Å²) in [5.74, 6) is 4.52. The second-order valence-corrected chi connectivity index (χ2v) is 5.08. The van der Waals surface area contributed by atoms with Gasteiger partial charge in [0.1, 0.15) is 18.0 Å². The maximum absolute atomic E-state index is 14.0. The minimum atomic E-state index is -0.656. The van der Waals surface area contributed by atoms with E-state index in [0.717, 1.165) is 0 Å². The molecule has 0 radical (unpaired) electrons. The van der Waals surface area contributed by atoms with E-state index >= 15 is 0 Å². The number of hydrazine groups is 1. The average molecular weight is 359 g/mol. The molecule has 0 saturated carbocycles. The Morgan fingerprint density at radius 1 is 1.38 bits per heavy atom. The van der Waals surface area contributed by atoms with Crippen molar-refractivity contribution in [3.63, 3.8) is 0 Å². The fourth-order valence-corrected chi connectivity index (χ4v) is 2.24. The molecule has 3 N–H and O–H groups in total. The third-order valence-corrected chi connectivity index (χ3v) is 3.59. The Morgan fingerprint density at radius 3 is 2.81 bits per heavy atom. The van der Waals surface area contributed by atoms with E-state index in [-0.39, 0.29) is 16.5 Å². The molecule has 8 heteroatoms. The third kappa shape index (κ3) is 3.52. The first kappa shape index (κ1) is 15.7. The summed E-state index contributed by atoms with van der Waals surface area (Å²) in [6.45, 7) is 0. The fraction of sp³-hybridized carbons (Fsp3) is 0.231. The lowest BCUT2D eigenvalue weighted by molar-refractivity contribution is 0.393. The van der Waals surface area contributed by atoms with Crippen LogP contribution in [0.4, 0.5) is 8.78 Å². The summed E-state index contributed by atoms with van der Waals surface area (Å²) >= 11 is 3.03. The van der Waals surface area contributed by atoms with Crippen LogP contribution in [0, 0.1) is 11.6 Å². The monoisotopic (exact) mass is 358 g/mol. The van der Waals surface area contributed by atoms with Gasteiger partial charge in [-0.3, -0.25) is 11.3 Å². The number of methoxy groups -OCH3 is 1. The molecule has 112 valence electrons. The number of nitrogens with zero attached hydrogens (tertiary/aromatic N) is 2. The number of rotatable bonds is 5. The second kappa shape index (κ2) is 6.88. The average Bonchev–Trinajstić information content (AvgIpc) is 2.51. The highest BCUT2D eigenvalue weighted by Crippen LogP contribution is 2.26. The van der Waals surface area contributed by atoms with Gasteiger partial charge in [-0.05, 0) is 28.1 Å². The quantitative estimate of drug-likeness (QED) is 0.487. The van der Waals surface area contributed by atoms with Gasteiger partial charge in [0.05, 0.1) is 23.3 Å². The van der Waals surface area contributed by atoms with E-state index in [1.165, 1.54) is 25.6 Å². The maximum atomic E-state index is 14.0. The molecular weight excluding hydrogens is 346 g/mol.